The van der Waals surface area contributed by atoms with E-state index in [0.29, 0.717) is 11.7 Å². The summed E-state index contributed by atoms with van der Waals surface area (Å²) in [6, 6.07) is 11.2. The molecule has 8 heteroatoms. The molecule has 2 N–H and O–H groups in total. The van der Waals surface area contributed by atoms with Crippen LogP contribution >= 0.6 is 12.2 Å². The van der Waals surface area contributed by atoms with Crippen LogP contribution < -0.4 is 10.6 Å². The van der Waals surface area contributed by atoms with Gasteiger partial charge in [-0.15, -0.1) is 0 Å². The van der Waals surface area contributed by atoms with Gasteiger partial charge in [0.25, 0.3) is 0 Å². The average molecular weight is 360 g/mol. The number of nitrogens with zero attached hydrogens (tertiary/aromatic N) is 2. The van der Waals surface area contributed by atoms with Crippen molar-refractivity contribution in [3.05, 3.63) is 65.6 Å². The van der Waals surface area contributed by atoms with Crippen molar-refractivity contribution in [2.24, 2.45) is 0 Å². The van der Waals surface area contributed by atoms with Crippen LogP contribution in [0.5, 0.6) is 0 Å². The third-order valence-corrected chi connectivity index (χ3v) is 3.70. The Labute approximate surface area is 148 Å². The number of rotatable bonds is 4. The van der Waals surface area contributed by atoms with Crippen LogP contribution in [0, 0.1) is 18.6 Å². The number of halogens is 2. The maximum Gasteiger partial charge on any atom is 0.246 e. The van der Waals surface area contributed by atoms with E-state index in [-0.39, 0.29) is 17.3 Å². The molecular weight excluding hydrogens is 346 g/mol. The summed E-state index contributed by atoms with van der Waals surface area (Å²) in [7, 11) is 0. The van der Waals surface area contributed by atoms with Crippen molar-refractivity contribution in [3.63, 3.8) is 0 Å². The molecule has 0 spiro atoms. The molecule has 0 bridgehead atoms. The number of thiocarbonyl (C=S) groups is 1. The van der Waals surface area contributed by atoms with Gasteiger partial charge in [-0.2, -0.15) is 4.98 Å². The summed E-state index contributed by atoms with van der Waals surface area (Å²) in [6.07, 6.45) is 0. The lowest BCUT2D eigenvalue weighted by molar-refractivity contribution is 0.376. The Morgan fingerprint density at radius 3 is 2.56 bits per heavy atom. The Kier molecular flexibility index (Phi) is 4.99. The van der Waals surface area contributed by atoms with Gasteiger partial charge in [0.2, 0.25) is 11.7 Å². The fourth-order valence-corrected chi connectivity index (χ4v) is 2.36. The second kappa shape index (κ2) is 7.35. The van der Waals surface area contributed by atoms with E-state index in [4.69, 9.17) is 16.7 Å². The third kappa shape index (κ3) is 3.97. The topological polar surface area (TPSA) is 63.0 Å². The molecule has 1 aromatic heterocycles. The van der Waals surface area contributed by atoms with Crippen LogP contribution in [-0.4, -0.2) is 15.3 Å². The zero-order valence-corrected chi connectivity index (χ0v) is 14.0. The van der Waals surface area contributed by atoms with Crippen molar-refractivity contribution >= 4 is 23.0 Å². The van der Waals surface area contributed by atoms with Crippen LogP contribution in [0.1, 0.15) is 11.5 Å². The zero-order chi connectivity index (χ0) is 17.8. The SMILES string of the molecule is Cc1ccccc1-c1noc(CNC(=S)Nc2c(F)cccc2F)n1. The van der Waals surface area contributed by atoms with E-state index in [1.165, 1.54) is 6.07 Å². The number of aromatic nitrogens is 2. The number of hydrogen-bond acceptors (Lipinski definition) is 4. The Bertz CT molecular complexity index is 893. The molecule has 128 valence electrons. The summed E-state index contributed by atoms with van der Waals surface area (Å²) >= 11 is 5.03. The highest BCUT2D eigenvalue weighted by Crippen LogP contribution is 2.20. The van der Waals surface area contributed by atoms with Gasteiger partial charge in [-0.1, -0.05) is 35.5 Å². The first-order valence-electron chi connectivity index (χ1n) is 7.42. The van der Waals surface area contributed by atoms with Crippen molar-refractivity contribution in [2.45, 2.75) is 13.5 Å². The second-order valence-corrected chi connectivity index (χ2v) is 5.64. The summed E-state index contributed by atoms with van der Waals surface area (Å²) in [4.78, 5) is 4.28. The highest BCUT2D eigenvalue weighted by molar-refractivity contribution is 7.80. The first-order chi connectivity index (χ1) is 12.0. The van der Waals surface area contributed by atoms with E-state index in [1.54, 1.807) is 0 Å². The van der Waals surface area contributed by atoms with Crippen LogP contribution in [0.4, 0.5) is 14.5 Å². The molecule has 0 saturated carbocycles. The minimum atomic E-state index is -0.733. The minimum Gasteiger partial charge on any atom is -0.353 e. The molecule has 2 aromatic carbocycles. The van der Waals surface area contributed by atoms with Gasteiger partial charge in [-0.25, -0.2) is 8.78 Å². The first-order valence-corrected chi connectivity index (χ1v) is 7.83. The van der Waals surface area contributed by atoms with Gasteiger partial charge in [0.15, 0.2) is 5.11 Å². The van der Waals surface area contributed by atoms with E-state index in [0.717, 1.165) is 23.3 Å². The maximum atomic E-state index is 13.6. The van der Waals surface area contributed by atoms with Crippen molar-refractivity contribution in [3.8, 4) is 11.4 Å². The van der Waals surface area contributed by atoms with E-state index in [1.807, 2.05) is 31.2 Å². The number of hydrogen-bond donors (Lipinski definition) is 2. The van der Waals surface area contributed by atoms with Crippen molar-refractivity contribution in [2.75, 3.05) is 5.32 Å². The van der Waals surface area contributed by atoms with Crippen LogP contribution in [0.2, 0.25) is 0 Å². The molecular formula is C17H14F2N4OS. The lowest BCUT2D eigenvalue weighted by Gasteiger charge is -2.10. The number of para-hydroxylation sites is 1. The van der Waals surface area contributed by atoms with Crippen LogP contribution in [-0.2, 0) is 6.54 Å². The van der Waals surface area contributed by atoms with E-state index in [2.05, 4.69) is 20.8 Å². The molecule has 0 saturated heterocycles. The van der Waals surface area contributed by atoms with Gasteiger partial charge >= 0.3 is 0 Å². The molecule has 1 heterocycles. The van der Waals surface area contributed by atoms with Crippen molar-refractivity contribution < 1.29 is 13.3 Å². The molecule has 0 aliphatic carbocycles. The molecule has 0 unspecified atom stereocenters. The summed E-state index contributed by atoms with van der Waals surface area (Å²) in [6.45, 7) is 2.08. The van der Waals surface area contributed by atoms with Crippen LogP contribution in [0.3, 0.4) is 0 Å². The van der Waals surface area contributed by atoms with Gasteiger partial charge < -0.3 is 15.2 Å². The largest absolute Gasteiger partial charge is 0.353 e. The first kappa shape index (κ1) is 17.0. The minimum absolute atomic E-state index is 0.0413. The van der Waals surface area contributed by atoms with Gasteiger partial charge in [0.05, 0.1) is 6.54 Å². The number of anilines is 1. The van der Waals surface area contributed by atoms with E-state index < -0.39 is 11.6 Å². The molecule has 5 nitrogen and oxygen atoms in total. The van der Waals surface area contributed by atoms with Gasteiger partial charge in [0.1, 0.15) is 17.3 Å². The maximum absolute atomic E-state index is 13.6. The van der Waals surface area contributed by atoms with E-state index >= 15 is 0 Å². The summed E-state index contributed by atoms with van der Waals surface area (Å²) < 4.78 is 32.3. The summed E-state index contributed by atoms with van der Waals surface area (Å²) in [5.41, 5.74) is 1.58. The predicted octanol–water partition coefficient (Wildman–Crippen LogP) is 3.81. The molecule has 0 aliphatic rings. The lowest BCUT2D eigenvalue weighted by Crippen LogP contribution is -2.28. The highest BCUT2D eigenvalue weighted by Gasteiger charge is 2.12. The molecule has 0 amide bonds. The lowest BCUT2D eigenvalue weighted by atomic mass is 10.1. The highest BCUT2D eigenvalue weighted by atomic mass is 32.1. The fraction of sp³-hybridized carbons (Fsp3) is 0.118. The number of nitrogens with one attached hydrogen (secondary N) is 2. The fourth-order valence-electron chi connectivity index (χ4n) is 2.19. The predicted molar refractivity (Wildman–Crippen MR) is 93.9 cm³/mol. The molecule has 3 aromatic rings. The van der Waals surface area contributed by atoms with Gasteiger partial charge in [-0.3, -0.25) is 0 Å². The molecule has 3 rings (SSSR count). The van der Waals surface area contributed by atoms with Crippen LogP contribution in [0.15, 0.2) is 47.0 Å². The van der Waals surface area contributed by atoms with Crippen molar-refractivity contribution in [1.82, 2.24) is 15.5 Å². The Morgan fingerprint density at radius 2 is 1.84 bits per heavy atom. The quantitative estimate of drug-likeness (QED) is 0.690. The standard InChI is InChI=1S/C17H14F2N4OS/c1-10-5-2-3-6-11(10)16-21-14(24-23-16)9-20-17(25)22-15-12(18)7-4-8-13(15)19/h2-8H,9H2,1H3,(H2,20,22,25). The Balaban J connectivity index is 1.63. The normalized spacial score (nSPS) is 10.5. The van der Waals surface area contributed by atoms with Gasteiger partial charge in [0, 0.05) is 5.56 Å². The summed E-state index contributed by atoms with van der Waals surface area (Å²) in [5.74, 6) is -0.696. The molecule has 0 radical (unpaired) electrons. The van der Waals surface area contributed by atoms with Crippen LogP contribution in [0.25, 0.3) is 11.4 Å². The van der Waals surface area contributed by atoms with Gasteiger partial charge in [-0.05, 0) is 36.8 Å². The van der Waals surface area contributed by atoms with E-state index in [9.17, 15) is 8.78 Å². The third-order valence-electron chi connectivity index (χ3n) is 3.46. The summed E-state index contributed by atoms with van der Waals surface area (Å²) in [5, 5.41) is 9.22. The molecule has 0 atom stereocenters. The molecule has 0 fully saturated rings. The monoisotopic (exact) mass is 360 g/mol. The molecule has 25 heavy (non-hydrogen) atoms. The second-order valence-electron chi connectivity index (χ2n) is 5.23. The average Bonchev–Trinajstić information content (AvgIpc) is 3.06. The van der Waals surface area contributed by atoms with Crippen molar-refractivity contribution in [1.29, 1.82) is 0 Å². The number of benzene rings is 2. The smallest absolute Gasteiger partial charge is 0.246 e. The molecule has 0 aliphatic heterocycles. The number of aryl methyl sites for hydroxylation is 1. The Hall–Kier alpha value is -2.87. The zero-order valence-electron chi connectivity index (χ0n) is 13.2. The Morgan fingerprint density at radius 1 is 1.12 bits per heavy atom.